The first kappa shape index (κ1) is 27.9. The summed E-state index contributed by atoms with van der Waals surface area (Å²) in [6.07, 6.45) is 4.07. The maximum atomic E-state index is 4.13. The van der Waals surface area contributed by atoms with Crippen LogP contribution in [0.1, 0.15) is 43.0 Å². The summed E-state index contributed by atoms with van der Waals surface area (Å²) in [4.78, 5) is 2.33. The fourth-order valence-corrected chi connectivity index (χ4v) is 5.79. The summed E-state index contributed by atoms with van der Waals surface area (Å²) in [6.45, 7) is 15.1. The topological polar surface area (TPSA) is 3.24 Å². The summed E-state index contributed by atoms with van der Waals surface area (Å²) < 4.78 is 0. The third-order valence-corrected chi connectivity index (χ3v) is 8.24. The first-order valence-corrected chi connectivity index (χ1v) is 14.4. The molecule has 5 aromatic rings. The fourth-order valence-electron chi connectivity index (χ4n) is 5.79. The molecule has 1 aliphatic rings. The Kier molecular flexibility index (Phi) is 8.08. The maximum Gasteiger partial charge on any atom is 0.0539 e. The summed E-state index contributed by atoms with van der Waals surface area (Å²) in [6, 6.07) is 43.2. The van der Waals surface area contributed by atoms with Crippen molar-refractivity contribution in [1.82, 2.24) is 0 Å². The highest BCUT2D eigenvalue weighted by Crippen LogP contribution is 2.50. The van der Waals surface area contributed by atoms with Gasteiger partial charge in [0.1, 0.15) is 0 Å². The Balaban J connectivity index is 0.000000365. The van der Waals surface area contributed by atoms with Gasteiger partial charge >= 0.3 is 0 Å². The lowest BCUT2D eigenvalue weighted by atomic mass is 9.82. The predicted molar refractivity (Wildman–Crippen MR) is 178 cm³/mol. The van der Waals surface area contributed by atoms with Gasteiger partial charge in [0.25, 0.3) is 0 Å². The molecule has 1 aliphatic carbocycles. The Morgan fingerprint density at radius 3 is 1.83 bits per heavy atom. The quantitative estimate of drug-likeness (QED) is 0.203. The molecule has 0 fully saturated rings. The van der Waals surface area contributed by atoms with Gasteiger partial charge in [-0.1, -0.05) is 130 Å². The van der Waals surface area contributed by atoms with Gasteiger partial charge in [0.05, 0.1) is 5.69 Å². The van der Waals surface area contributed by atoms with Gasteiger partial charge in [0.2, 0.25) is 0 Å². The molecule has 0 saturated carbocycles. The number of allylic oxidation sites excluding steroid dienone is 2. The number of fused-ring (bicyclic) bond motifs is 3. The van der Waals surface area contributed by atoms with E-state index >= 15 is 0 Å². The molecule has 0 N–H and O–H groups in total. The normalized spacial score (nSPS) is 13.0. The SMILES string of the molecule is C=C/C(=C\C)N(c1ccc2c(c1)C(C)(C)c1ccccc1-2)c1ccccc1-c1ccccc1.Cc1ccccc1C. The van der Waals surface area contributed by atoms with Gasteiger partial charge < -0.3 is 4.90 Å². The Morgan fingerprint density at radius 2 is 1.20 bits per heavy atom. The van der Waals surface area contributed by atoms with Crippen molar-refractivity contribution in [3.63, 3.8) is 0 Å². The van der Waals surface area contributed by atoms with Crippen molar-refractivity contribution >= 4 is 11.4 Å². The maximum absolute atomic E-state index is 4.13. The van der Waals surface area contributed by atoms with Crippen molar-refractivity contribution in [2.24, 2.45) is 0 Å². The summed E-state index contributed by atoms with van der Waals surface area (Å²) >= 11 is 0. The van der Waals surface area contributed by atoms with Crippen LogP contribution in [0.2, 0.25) is 0 Å². The number of nitrogens with zero attached hydrogens (tertiary/aromatic N) is 1. The van der Waals surface area contributed by atoms with E-state index in [0.717, 1.165) is 17.1 Å². The standard InChI is InChI=1S/C32H29N.C8H10/c1-5-24(6-2)33(31-19-13-11-16-26(31)23-14-8-7-9-15-23)25-20-21-28-27-17-10-12-18-29(27)32(3,4)30(28)22-25;1-7-5-3-4-6-8(7)2/h5-22H,1H2,2-4H3;3-6H,1-2H3/b24-6+;. The summed E-state index contributed by atoms with van der Waals surface area (Å²) in [5.41, 5.74) is 13.9. The second-order valence-electron chi connectivity index (χ2n) is 11.1. The van der Waals surface area contributed by atoms with Crippen LogP contribution in [0.4, 0.5) is 11.4 Å². The fraction of sp³-hybridized carbons (Fsp3) is 0.150. The summed E-state index contributed by atoms with van der Waals surface area (Å²) in [5, 5.41) is 0. The van der Waals surface area contributed by atoms with E-state index < -0.39 is 0 Å². The highest BCUT2D eigenvalue weighted by Gasteiger charge is 2.35. The first-order valence-electron chi connectivity index (χ1n) is 14.4. The average molecular weight is 534 g/mol. The van der Waals surface area contributed by atoms with E-state index in [1.165, 1.54) is 44.5 Å². The average Bonchev–Trinajstić information content (AvgIpc) is 3.24. The van der Waals surface area contributed by atoms with Gasteiger partial charge in [-0.05, 0) is 84.0 Å². The van der Waals surface area contributed by atoms with Crippen LogP contribution < -0.4 is 4.90 Å². The lowest BCUT2D eigenvalue weighted by Crippen LogP contribution is -2.18. The number of hydrogen-bond donors (Lipinski definition) is 0. The molecule has 0 unspecified atom stereocenters. The largest absolute Gasteiger partial charge is 0.310 e. The Morgan fingerprint density at radius 1 is 0.634 bits per heavy atom. The molecule has 0 atom stereocenters. The highest BCUT2D eigenvalue weighted by atomic mass is 15.1. The highest BCUT2D eigenvalue weighted by molar-refractivity contribution is 5.88. The molecule has 0 aromatic heterocycles. The Bertz CT molecular complexity index is 1680. The smallest absolute Gasteiger partial charge is 0.0539 e. The number of rotatable bonds is 5. The van der Waals surface area contributed by atoms with Gasteiger partial charge in [0, 0.05) is 22.4 Å². The van der Waals surface area contributed by atoms with Crippen molar-refractivity contribution in [3.05, 3.63) is 168 Å². The number of benzene rings is 5. The molecule has 1 nitrogen and oxygen atoms in total. The van der Waals surface area contributed by atoms with E-state index in [2.05, 4.69) is 174 Å². The third kappa shape index (κ3) is 5.41. The zero-order valence-corrected chi connectivity index (χ0v) is 24.9. The minimum atomic E-state index is -0.0448. The van der Waals surface area contributed by atoms with Crippen LogP contribution >= 0.6 is 0 Å². The second kappa shape index (κ2) is 11.9. The van der Waals surface area contributed by atoms with Gasteiger partial charge in [0.15, 0.2) is 0 Å². The molecule has 5 aromatic carbocycles. The monoisotopic (exact) mass is 533 g/mol. The van der Waals surface area contributed by atoms with Crippen LogP contribution in [0.3, 0.4) is 0 Å². The lowest BCUT2D eigenvalue weighted by Gasteiger charge is -2.30. The van der Waals surface area contributed by atoms with Gasteiger partial charge in [-0.15, -0.1) is 0 Å². The minimum Gasteiger partial charge on any atom is -0.310 e. The van der Waals surface area contributed by atoms with Gasteiger partial charge in [-0.2, -0.15) is 0 Å². The van der Waals surface area contributed by atoms with Crippen molar-refractivity contribution in [2.45, 2.75) is 40.0 Å². The van der Waals surface area contributed by atoms with Crippen molar-refractivity contribution < 1.29 is 0 Å². The molecule has 204 valence electrons. The molecule has 41 heavy (non-hydrogen) atoms. The molecule has 1 heteroatoms. The Hall–Kier alpha value is -4.62. The number of anilines is 2. The first-order chi connectivity index (χ1) is 19.9. The molecule has 0 amide bonds. The molecule has 6 rings (SSSR count). The summed E-state index contributed by atoms with van der Waals surface area (Å²) in [7, 11) is 0. The number of aryl methyl sites for hydroxylation is 2. The second-order valence-corrected chi connectivity index (χ2v) is 11.1. The molecule has 0 bridgehead atoms. The molecule has 0 spiro atoms. The molecule has 0 saturated heterocycles. The summed E-state index contributed by atoms with van der Waals surface area (Å²) in [5.74, 6) is 0. The predicted octanol–water partition coefficient (Wildman–Crippen LogP) is 11.2. The van der Waals surface area contributed by atoms with Crippen LogP contribution in [-0.2, 0) is 5.41 Å². The lowest BCUT2D eigenvalue weighted by molar-refractivity contribution is 0.660. The molecular weight excluding hydrogens is 494 g/mol. The van der Waals surface area contributed by atoms with Crippen LogP contribution in [0, 0.1) is 13.8 Å². The number of para-hydroxylation sites is 1. The van der Waals surface area contributed by atoms with E-state index in [4.69, 9.17) is 0 Å². The molecule has 0 radical (unpaired) electrons. The van der Waals surface area contributed by atoms with Crippen LogP contribution in [0.25, 0.3) is 22.3 Å². The van der Waals surface area contributed by atoms with Crippen LogP contribution in [0.5, 0.6) is 0 Å². The molecule has 0 heterocycles. The number of hydrogen-bond acceptors (Lipinski definition) is 1. The Labute approximate surface area is 246 Å². The molecular formula is C40H39N. The zero-order valence-electron chi connectivity index (χ0n) is 24.9. The van der Waals surface area contributed by atoms with Crippen LogP contribution in [-0.4, -0.2) is 0 Å². The molecule has 0 aliphatic heterocycles. The van der Waals surface area contributed by atoms with E-state index in [1.54, 1.807) is 0 Å². The van der Waals surface area contributed by atoms with Crippen molar-refractivity contribution in [3.8, 4) is 22.3 Å². The van der Waals surface area contributed by atoms with E-state index in [9.17, 15) is 0 Å². The van der Waals surface area contributed by atoms with Crippen molar-refractivity contribution in [2.75, 3.05) is 4.90 Å². The van der Waals surface area contributed by atoms with E-state index in [1.807, 2.05) is 6.08 Å². The van der Waals surface area contributed by atoms with E-state index in [-0.39, 0.29) is 5.41 Å². The zero-order chi connectivity index (χ0) is 29.0. The van der Waals surface area contributed by atoms with Gasteiger partial charge in [-0.25, -0.2) is 0 Å². The van der Waals surface area contributed by atoms with Crippen molar-refractivity contribution in [1.29, 1.82) is 0 Å². The van der Waals surface area contributed by atoms with Crippen LogP contribution in [0.15, 0.2) is 146 Å². The van der Waals surface area contributed by atoms with Gasteiger partial charge in [-0.3, -0.25) is 0 Å². The minimum absolute atomic E-state index is 0.0448. The third-order valence-electron chi connectivity index (χ3n) is 8.24. The van der Waals surface area contributed by atoms with E-state index in [0.29, 0.717) is 0 Å².